The summed E-state index contributed by atoms with van der Waals surface area (Å²) in [5.74, 6) is -1.23. The maximum atomic E-state index is 11.4. The molecule has 0 saturated carbocycles. The summed E-state index contributed by atoms with van der Waals surface area (Å²) in [4.78, 5) is 26.1. The lowest BCUT2D eigenvalue weighted by Gasteiger charge is -2.14. The van der Waals surface area contributed by atoms with E-state index in [0.717, 1.165) is 5.01 Å². The molecule has 0 aromatic carbocycles. The average molecular weight is 273 g/mol. The van der Waals surface area contributed by atoms with Gasteiger partial charge in [-0.25, -0.2) is 14.6 Å². The predicted molar refractivity (Wildman–Crippen MR) is 65.6 cm³/mol. The second-order valence-corrected chi connectivity index (χ2v) is 4.63. The summed E-state index contributed by atoms with van der Waals surface area (Å²) < 4.78 is 0. The summed E-state index contributed by atoms with van der Waals surface area (Å²) in [6.45, 7) is 1.60. The van der Waals surface area contributed by atoms with Crippen molar-refractivity contribution in [3.63, 3.8) is 0 Å². The first kappa shape index (κ1) is 14.4. The van der Waals surface area contributed by atoms with Gasteiger partial charge in [0.1, 0.15) is 0 Å². The van der Waals surface area contributed by atoms with E-state index < -0.39 is 24.6 Å². The topological polar surface area (TPSA) is 112 Å². The van der Waals surface area contributed by atoms with Crippen LogP contribution in [0.5, 0.6) is 0 Å². The van der Waals surface area contributed by atoms with Gasteiger partial charge in [0.2, 0.25) is 0 Å². The zero-order chi connectivity index (χ0) is 13.5. The number of thiazole rings is 1. The smallest absolute Gasteiger partial charge is 0.328 e. The van der Waals surface area contributed by atoms with Gasteiger partial charge < -0.3 is 20.8 Å². The quantitative estimate of drug-likeness (QED) is 0.582. The van der Waals surface area contributed by atoms with E-state index in [2.05, 4.69) is 15.6 Å². The van der Waals surface area contributed by atoms with Crippen LogP contribution in [0.25, 0.3) is 0 Å². The highest BCUT2D eigenvalue weighted by atomic mass is 32.1. The number of nitrogens with one attached hydrogen (secondary N) is 2. The highest BCUT2D eigenvalue weighted by Gasteiger charge is 2.19. The van der Waals surface area contributed by atoms with Crippen molar-refractivity contribution in [3.8, 4) is 0 Å². The molecular formula is C10H15N3O4S. The molecule has 8 heteroatoms. The Bertz CT molecular complexity index is 396. The van der Waals surface area contributed by atoms with Crippen LogP contribution in [-0.4, -0.2) is 46.4 Å². The fraction of sp³-hybridized carbons (Fsp3) is 0.500. The zero-order valence-electron chi connectivity index (χ0n) is 9.79. The zero-order valence-corrected chi connectivity index (χ0v) is 10.6. The number of hydrogen-bond acceptors (Lipinski definition) is 5. The fourth-order valence-electron chi connectivity index (χ4n) is 1.21. The van der Waals surface area contributed by atoms with E-state index in [1.54, 1.807) is 6.20 Å². The van der Waals surface area contributed by atoms with Gasteiger partial charge in [0.25, 0.3) is 0 Å². The molecule has 0 aliphatic heterocycles. The van der Waals surface area contributed by atoms with Gasteiger partial charge in [0.15, 0.2) is 6.04 Å². The van der Waals surface area contributed by atoms with Gasteiger partial charge in [-0.15, -0.1) is 11.3 Å². The van der Waals surface area contributed by atoms with Crippen molar-refractivity contribution in [2.45, 2.75) is 18.9 Å². The molecule has 7 nitrogen and oxygen atoms in total. The van der Waals surface area contributed by atoms with Crippen LogP contribution in [0.15, 0.2) is 11.6 Å². The number of aliphatic hydroxyl groups is 1. The van der Waals surface area contributed by atoms with Gasteiger partial charge in [-0.2, -0.15) is 0 Å². The number of carboxylic acid groups (broad SMARTS) is 1. The molecule has 2 amide bonds. The number of rotatable bonds is 6. The van der Waals surface area contributed by atoms with Crippen molar-refractivity contribution in [3.05, 3.63) is 16.6 Å². The Morgan fingerprint density at radius 3 is 2.78 bits per heavy atom. The third kappa shape index (κ3) is 4.30. The minimum Gasteiger partial charge on any atom is -0.480 e. The van der Waals surface area contributed by atoms with Crippen molar-refractivity contribution in [2.75, 3.05) is 13.2 Å². The number of hydrogen-bond donors (Lipinski definition) is 4. The number of amides is 2. The van der Waals surface area contributed by atoms with Gasteiger partial charge in [-0.1, -0.05) is 6.92 Å². The van der Waals surface area contributed by atoms with Crippen LogP contribution in [0, 0.1) is 0 Å². The summed E-state index contributed by atoms with van der Waals surface area (Å²) in [6, 6.07) is -1.92. The van der Waals surface area contributed by atoms with Gasteiger partial charge in [0.05, 0.1) is 11.6 Å². The fourth-order valence-corrected chi connectivity index (χ4v) is 1.90. The molecule has 0 aliphatic carbocycles. The maximum absolute atomic E-state index is 11.4. The highest BCUT2D eigenvalue weighted by molar-refractivity contribution is 7.09. The van der Waals surface area contributed by atoms with E-state index in [1.807, 2.05) is 12.3 Å². The molecule has 18 heavy (non-hydrogen) atoms. The standard InChI is InChI=1S/C10H15N3O4S/c1-6(8-11-2-3-18-8)4-12-10(17)13-7(5-14)9(15)16/h2-3,6-7,14H,4-5H2,1H3,(H,15,16)(H2,12,13,17)/t6?,7-/m1/s1. The monoisotopic (exact) mass is 273 g/mol. The van der Waals surface area contributed by atoms with Gasteiger partial charge in [-0.3, -0.25) is 0 Å². The summed E-state index contributed by atoms with van der Waals surface area (Å²) in [5, 5.41) is 24.8. The Morgan fingerprint density at radius 2 is 2.28 bits per heavy atom. The molecule has 0 fully saturated rings. The number of aromatic nitrogens is 1. The van der Waals surface area contributed by atoms with E-state index in [1.165, 1.54) is 11.3 Å². The van der Waals surface area contributed by atoms with Crippen molar-refractivity contribution < 1.29 is 19.8 Å². The molecule has 2 atom stereocenters. The van der Waals surface area contributed by atoms with Gasteiger partial charge >= 0.3 is 12.0 Å². The molecular weight excluding hydrogens is 258 g/mol. The summed E-state index contributed by atoms with van der Waals surface area (Å²) >= 11 is 1.49. The van der Waals surface area contributed by atoms with Crippen molar-refractivity contribution in [1.29, 1.82) is 0 Å². The predicted octanol–water partition coefficient (Wildman–Crippen LogP) is -0.00870. The van der Waals surface area contributed by atoms with Gasteiger partial charge in [0, 0.05) is 24.0 Å². The first-order chi connectivity index (χ1) is 8.54. The number of carbonyl (C=O) groups is 2. The minimum atomic E-state index is -1.29. The van der Waals surface area contributed by atoms with Crippen molar-refractivity contribution in [2.24, 2.45) is 0 Å². The summed E-state index contributed by atoms with van der Waals surface area (Å²) in [7, 11) is 0. The molecule has 0 bridgehead atoms. The molecule has 0 radical (unpaired) electrons. The van der Waals surface area contributed by atoms with Crippen LogP contribution in [0.4, 0.5) is 4.79 Å². The maximum Gasteiger partial charge on any atom is 0.328 e. The van der Waals surface area contributed by atoms with Crippen LogP contribution in [0.2, 0.25) is 0 Å². The average Bonchev–Trinajstić information content (AvgIpc) is 2.86. The first-order valence-corrected chi connectivity index (χ1v) is 6.20. The number of urea groups is 1. The van der Waals surface area contributed by atoms with E-state index in [-0.39, 0.29) is 5.92 Å². The van der Waals surface area contributed by atoms with E-state index >= 15 is 0 Å². The number of carbonyl (C=O) groups excluding carboxylic acids is 1. The minimum absolute atomic E-state index is 0.0492. The Morgan fingerprint density at radius 1 is 1.56 bits per heavy atom. The Kier molecular flexibility index (Phi) is 5.53. The summed E-state index contributed by atoms with van der Waals surface area (Å²) in [5.41, 5.74) is 0. The van der Waals surface area contributed by atoms with Crippen LogP contribution >= 0.6 is 11.3 Å². The second kappa shape index (κ2) is 6.92. The Labute approximate surface area is 108 Å². The van der Waals surface area contributed by atoms with E-state index in [9.17, 15) is 9.59 Å². The lowest BCUT2D eigenvalue weighted by molar-refractivity contribution is -0.140. The van der Waals surface area contributed by atoms with Crippen LogP contribution in [-0.2, 0) is 4.79 Å². The SMILES string of the molecule is CC(CNC(=O)N[C@H](CO)C(=O)O)c1nccs1. The van der Waals surface area contributed by atoms with Crippen LogP contribution < -0.4 is 10.6 Å². The van der Waals surface area contributed by atoms with Crippen LogP contribution in [0.1, 0.15) is 17.8 Å². The molecule has 0 aliphatic rings. The molecule has 1 rings (SSSR count). The van der Waals surface area contributed by atoms with Crippen molar-refractivity contribution in [1.82, 2.24) is 15.6 Å². The third-order valence-corrected chi connectivity index (χ3v) is 3.23. The number of aliphatic hydroxyl groups excluding tert-OH is 1. The first-order valence-electron chi connectivity index (χ1n) is 5.32. The van der Waals surface area contributed by atoms with E-state index in [0.29, 0.717) is 6.54 Å². The third-order valence-electron chi connectivity index (χ3n) is 2.23. The Balaban J connectivity index is 2.35. The van der Waals surface area contributed by atoms with Crippen molar-refractivity contribution >= 4 is 23.3 Å². The van der Waals surface area contributed by atoms with Crippen LogP contribution in [0.3, 0.4) is 0 Å². The normalized spacial score (nSPS) is 13.7. The lowest BCUT2D eigenvalue weighted by Crippen LogP contribution is -2.48. The number of aliphatic carboxylic acids is 1. The molecule has 1 unspecified atom stereocenters. The summed E-state index contributed by atoms with van der Waals surface area (Å²) in [6.07, 6.45) is 1.68. The molecule has 1 aromatic heterocycles. The molecule has 4 N–H and O–H groups in total. The molecule has 0 spiro atoms. The Hall–Kier alpha value is -1.67. The molecule has 1 aromatic rings. The molecule has 1 heterocycles. The number of nitrogens with zero attached hydrogens (tertiary/aromatic N) is 1. The number of carboxylic acids is 1. The van der Waals surface area contributed by atoms with Gasteiger partial charge in [-0.05, 0) is 0 Å². The highest BCUT2D eigenvalue weighted by Crippen LogP contribution is 2.16. The lowest BCUT2D eigenvalue weighted by atomic mass is 10.2. The molecule has 0 saturated heterocycles. The second-order valence-electron chi connectivity index (χ2n) is 3.70. The van der Waals surface area contributed by atoms with E-state index in [4.69, 9.17) is 10.2 Å². The largest absolute Gasteiger partial charge is 0.480 e. The molecule has 100 valence electrons.